The molecule has 0 saturated heterocycles. The fourth-order valence-electron chi connectivity index (χ4n) is 2.08. The van der Waals surface area contributed by atoms with E-state index >= 15 is 0 Å². The Balaban J connectivity index is 1.99. The summed E-state index contributed by atoms with van der Waals surface area (Å²) in [6, 6.07) is 3.28. The molecule has 2 rings (SSSR count). The number of fused-ring (bicyclic) bond motifs is 1. The molecule has 110 valence electrons. The summed E-state index contributed by atoms with van der Waals surface area (Å²) < 4.78 is 11.5. The molecular weight excluding hydrogens is 326 g/mol. The number of rotatable bonds is 7. The van der Waals surface area contributed by atoms with Crippen molar-refractivity contribution in [1.29, 1.82) is 0 Å². The molecule has 1 aromatic carbocycles. The van der Waals surface area contributed by atoms with Gasteiger partial charge in [-0.25, -0.2) is 0 Å². The third-order valence-corrected chi connectivity index (χ3v) is 3.77. The van der Waals surface area contributed by atoms with Crippen molar-refractivity contribution in [2.45, 2.75) is 38.8 Å². The minimum Gasteiger partial charge on any atom is -0.480 e. The van der Waals surface area contributed by atoms with Crippen LogP contribution in [0.1, 0.15) is 31.7 Å². The molecule has 0 bridgehead atoms. The van der Waals surface area contributed by atoms with Gasteiger partial charge in [0.05, 0.1) is 4.47 Å². The molecule has 1 atom stereocenters. The number of halogens is 1. The number of carboxylic acids is 1. The van der Waals surface area contributed by atoms with E-state index in [4.69, 9.17) is 9.47 Å². The van der Waals surface area contributed by atoms with E-state index < -0.39 is 12.0 Å². The third-order valence-electron chi connectivity index (χ3n) is 3.18. The van der Waals surface area contributed by atoms with Crippen molar-refractivity contribution in [2.24, 2.45) is 0 Å². The van der Waals surface area contributed by atoms with Crippen LogP contribution < -0.4 is 14.8 Å². The fourth-order valence-corrected chi connectivity index (χ4v) is 2.69. The Kier molecular flexibility index (Phi) is 5.25. The minimum atomic E-state index is -0.807. The van der Waals surface area contributed by atoms with Crippen molar-refractivity contribution < 1.29 is 19.4 Å². The van der Waals surface area contributed by atoms with Crippen molar-refractivity contribution in [2.75, 3.05) is 6.79 Å². The molecule has 5 nitrogen and oxygen atoms in total. The molecule has 2 N–H and O–H groups in total. The number of carbonyl (C=O) groups is 1. The predicted molar refractivity (Wildman–Crippen MR) is 78.1 cm³/mol. The lowest BCUT2D eigenvalue weighted by atomic mass is 10.1. The van der Waals surface area contributed by atoms with E-state index in [-0.39, 0.29) is 6.79 Å². The van der Waals surface area contributed by atoms with Crippen LogP contribution in [0.15, 0.2) is 16.6 Å². The van der Waals surface area contributed by atoms with E-state index in [1.807, 2.05) is 19.1 Å². The monoisotopic (exact) mass is 343 g/mol. The van der Waals surface area contributed by atoms with Crippen LogP contribution in [0.3, 0.4) is 0 Å². The van der Waals surface area contributed by atoms with Crippen molar-refractivity contribution in [3.05, 3.63) is 22.2 Å². The van der Waals surface area contributed by atoms with Crippen LogP contribution in [0.4, 0.5) is 0 Å². The number of hydrogen-bond acceptors (Lipinski definition) is 4. The van der Waals surface area contributed by atoms with E-state index in [1.54, 1.807) is 0 Å². The molecule has 20 heavy (non-hydrogen) atoms. The van der Waals surface area contributed by atoms with Crippen LogP contribution in [-0.4, -0.2) is 23.9 Å². The van der Waals surface area contributed by atoms with Gasteiger partial charge in [0, 0.05) is 6.54 Å². The molecule has 0 aromatic heterocycles. The summed E-state index contributed by atoms with van der Waals surface area (Å²) in [5, 5.41) is 12.2. The van der Waals surface area contributed by atoms with E-state index in [0.717, 1.165) is 22.9 Å². The van der Waals surface area contributed by atoms with Crippen molar-refractivity contribution in [1.82, 2.24) is 5.32 Å². The van der Waals surface area contributed by atoms with E-state index in [2.05, 4.69) is 21.2 Å². The standard InChI is InChI=1S/C14H18BrNO4/c1-2-3-4-11(14(17)18)16-7-9-5-10(15)13-12(6-9)19-8-20-13/h5-6,11,16H,2-4,7-8H2,1H3,(H,17,18). The van der Waals surface area contributed by atoms with Gasteiger partial charge in [0.15, 0.2) is 11.5 Å². The first-order valence-electron chi connectivity index (χ1n) is 6.66. The molecule has 1 aliphatic rings. The molecular formula is C14H18BrNO4. The highest BCUT2D eigenvalue weighted by Gasteiger charge is 2.19. The quantitative estimate of drug-likeness (QED) is 0.796. The lowest BCUT2D eigenvalue weighted by molar-refractivity contribution is -0.139. The summed E-state index contributed by atoms with van der Waals surface area (Å²) >= 11 is 3.43. The number of unbranched alkanes of at least 4 members (excludes halogenated alkanes) is 1. The van der Waals surface area contributed by atoms with Crippen molar-refractivity contribution in [3.63, 3.8) is 0 Å². The Morgan fingerprint density at radius 1 is 1.50 bits per heavy atom. The Morgan fingerprint density at radius 3 is 3.00 bits per heavy atom. The smallest absolute Gasteiger partial charge is 0.320 e. The number of carboxylic acid groups (broad SMARTS) is 1. The maximum absolute atomic E-state index is 11.2. The number of benzene rings is 1. The van der Waals surface area contributed by atoms with Crippen LogP contribution >= 0.6 is 15.9 Å². The van der Waals surface area contributed by atoms with Gasteiger partial charge in [-0.2, -0.15) is 0 Å². The van der Waals surface area contributed by atoms with Crippen LogP contribution in [-0.2, 0) is 11.3 Å². The molecule has 0 saturated carbocycles. The zero-order chi connectivity index (χ0) is 14.5. The topological polar surface area (TPSA) is 67.8 Å². The van der Waals surface area contributed by atoms with Crippen LogP contribution in [0, 0.1) is 0 Å². The second-order valence-electron chi connectivity index (χ2n) is 4.73. The van der Waals surface area contributed by atoms with Gasteiger partial charge < -0.3 is 19.9 Å². The number of ether oxygens (including phenoxy) is 2. The maximum Gasteiger partial charge on any atom is 0.320 e. The zero-order valence-corrected chi connectivity index (χ0v) is 12.9. The summed E-state index contributed by atoms with van der Waals surface area (Å²) in [4.78, 5) is 11.2. The SMILES string of the molecule is CCCCC(NCc1cc(Br)c2c(c1)OCO2)C(=O)O. The van der Waals surface area contributed by atoms with Gasteiger partial charge in [-0.05, 0) is 40.0 Å². The normalized spacial score (nSPS) is 14.3. The Morgan fingerprint density at radius 2 is 2.30 bits per heavy atom. The summed E-state index contributed by atoms with van der Waals surface area (Å²) in [5.74, 6) is 0.587. The molecule has 1 heterocycles. The number of aliphatic carboxylic acids is 1. The third kappa shape index (κ3) is 3.64. The summed E-state index contributed by atoms with van der Waals surface area (Å²) in [6.07, 6.45) is 2.52. The highest BCUT2D eigenvalue weighted by atomic mass is 79.9. The van der Waals surface area contributed by atoms with Gasteiger partial charge in [0.25, 0.3) is 0 Å². The summed E-state index contributed by atoms with van der Waals surface area (Å²) in [7, 11) is 0. The van der Waals surface area contributed by atoms with Gasteiger partial charge in [0.1, 0.15) is 6.04 Å². The second-order valence-corrected chi connectivity index (χ2v) is 5.58. The Bertz CT molecular complexity index is 492. The molecule has 1 unspecified atom stereocenters. The average molecular weight is 344 g/mol. The van der Waals surface area contributed by atoms with Crippen LogP contribution in [0.25, 0.3) is 0 Å². The molecule has 0 fully saturated rings. The summed E-state index contributed by atoms with van der Waals surface area (Å²) in [6.45, 7) is 2.75. The first-order valence-corrected chi connectivity index (χ1v) is 7.45. The van der Waals surface area contributed by atoms with Crippen LogP contribution in [0.2, 0.25) is 0 Å². The number of hydrogen-bond donors (Lipinski definition) is 2. The molecule has 0 aliphatic carbocycles. The lowest BCUT2D eigenvalue weighted by Gasteiger charge is -2.14. The van der Waals surface area contributed by atoms with Gasteiger partial charge in [-0.1, -0.05) is 19.8 Å². The zero-order valence-electron chi connectivity index (χ0n) is 11.3. The first-order chi connectivity index (χ1) is 9.61. The average Bonchev–Trinajstić information content (AvgIpc) is 2.87. The number of nitrogens with one attached hydrogen (secondary N) is 1. The molecule has 1 aliphatic heterocycles. The highest BCUT2D eigenvalue weighted by Crippen LogP contribution is 2.39. The molecule has 0 amide bonds. The van der Waals surface area contributed by atoms with E-state index in [0.29, 0.717) is 24.5 Å². The van der Waals surface area contributed by atoms with Gasteiger partial charge >= 0.3 is 5.97 Å². The highest BCUT2D eigenvalue weighted by molar-refractivity contribution is 9.10. The molecule has 0 spiro atoms. The maximum atomic E-state index is 11.2. The Hall–Kier alpha value is -1.27. The van der Waals surface area contributed by atoms with Gasteiger partial charge in [-0.15, -0.1) is 0 Å². The largest absolute Gasteiger partial charge is 0.480 e. The minimum absolute atomic E-state index is 0.221. The Labute approximate surface area is 126 Å². The molecule has 0 radical (unpaired) electrons. The van der Waals surface area contributed by atoms with Gasteiger partial charge in [0.2, 0.25) is 6.79 Å². The fraction of sp³-hybridized carbons (Fsp3) is 0.500. The molecule has 1 aromatic rings. The molecule has 6 heteroatoms. The van der Waals surface area contributed by atoms with E-state index in [1.165, 1.54) is 0 Å². The van der Waals surface area contributed by atoms with Crippen molar-refractivity contribution >= 4 is 21.9 Å². The predicted octanol–water partition coefficient (Wildman–Crippen LogP) is 2.91. The van der Waals surface area contributed by atoms with Crippen LogP contribution in [0.5, 0.6) is 11.5 Å². The second kappa shape index (κ2) is 6.95. The first kappa shape index (κ1) is 15.1. The van der Waals surface area contributed by atoms with E-state index in [9.17, 15) is 9.90 Å². The summed E-state index contributed by atoms with van der Waals surface area (Å²) in [5.41, 5.74) is 0.962. The van der Waals surface area contributed by atoms with Crippen molar-refractivity contribution in [3.8, 4) is 11.5 Å². The van der Waals surface area contributed by atoms with Gasteiger partial charge in [-0.3, -0.25) is 4.79 Å². The lowest BCUT2D eigenvalue weighted by Crippen LogP contribution is -2.36.